The fourth-order valence-corrected chi connectivity index (χ4v) is 3.16. The number of allylic oxidation sites excluding steroid dienone is 4. The van der Waals surface area contributed by atoms with Gasteiger partial charge in [0.1, 0.15) is 6.17 Å². The van der Waals surface area contributed by atoms with Gasteiger partial charge in [-0.3, -0.25) is 4.98 Å². The van der Waals surface area contributed by atoms with Crippen molar-refractivity contribution in [2.45, 2.75) is 38.3 Å². The number of rotatable bonds is 2. The van der Waals surface area contributed by atoms with Crippen LogP contribution in [0.4, 0.5) is 10.1 Å². The number of alkyl halides is 1. The number of aromatic nitrogens is 1. The third kappa shape index (κ3) is 2.37. The van der Waals surface area contributed by atoms with E-state index in [1.807, 2.05) is 18.3 Å². The normalized spacial score (nSPS) is 23.7. The maximum absolute atomic E-state index is 13.1. The number of fused-ring (bicyclic) bond motifs is 1. The van der Waals surface area contributed by atoms with Gasteiger partial charge in [0.2, 0.25) is 0 Å². The van der Waals surface area contributed by atoms with E-state index < -0.39 is 6.17 Å². The van der Waals surface area contributed by atoms with Crippen LogP contribution in [0.1, 0.15) is 31.5 Å². The maximum atomic E-state index is 13.1. The molecule has 1 aromatic rings. The second kappa shape index (κ2) is 4.72. The molecule has 1 atom stereocenters. The van der Waals surface area contributed by atoms with Gasteiger partial charge in [0.15, 0.2) is 0 Å². The molecule has 1 aliphatic carbocycles. The molecule has 0 bridgehead atoms. The van der Waals surface area contributed by atoms with Crippen molar-refractivity contribution in [3.05, 3.63) is 47.3 Å². The van der Waals surface area contributed by atoms with E-state index in [0.717, 1.165) is 13.0 Å². The molecule has 2 nitrogen and oxygen atoms in total. The van der Waals surface area contributed by atoms with Crippen LogP contribution in [-0.4, -0.2) is 24.7 Å². The van der Waals surface area contributed by atoms with E-state index in [1.165, 1.54) is 22.5 Å². The topological polar surface area (TPSA) is 16.1 Å². The van der Waals surface area contributed by atoms with Crippen molar-refractivity contribution in [2.24, 2.45) is 0 Å². The highest BCUT2D eigenvalue weighted by molar-refractivity contribution is 5.60. The van der Waals surface area contributed by atoms with Crippen LogP contribution in [-0.2, 0) is 11.8 Å². The lowest BCUT2D eigenvalue weighted by Gasteiger charge is -2.17. The van der Waals surface area contributed by atoms with Crippen LogP contribution in [0.5, 0.6) is 0 Å². The van der Waals surface area contributed by atoms with Crippen LogP contribution in [0.15, 0.2) is 36.1 Å². The summed E-state index contributed by atoms with van der Waals surface area (Å²) < 4.78 is 13.1. The summed E-state index contributed by atoms with van der Waals surface area (Å²) in [7, 11) is 2.12. The summed E-state index contributed by atoms with van der Waals surface area (Å²) in [6.07, 6.45) is 8.01. The molecule has 2 aliphatic rings. The first-order chi connectivity index (χ1) is 9.45. The van der Waals surface area contributed by atoms with E-state index in [0.29, 0.717) is 6.42 Å². The lowest BCUT2D eigenvalue weighted by molar-refractivity contribution is 0.400. The largest absolute Gasteiger partial charge is 0.372 e. The Morgan fingerprint density at radius 1 is 1.45 bits per heavy atom. The molecule has 0 fully saturated rings. The zero-order valence-corrected chi connectivity index (χ0v) is 12.4. The molecule has 0 saturated heterocycles. The summed E-state index contributed by atoms with van der Waals surface area (Å²) in [6.45, 7) is 5.47. The van der Waals surface area contributed by atoms with Gasteiger partial charge in [0.05, 0.1) is 11.4 Å². The number of nitrogens with zero attached hydrogens (tertiary/aromatic N) is 2. The third-order valence-electron chi connectivity index (χ3n) is 4.14. The Balaban J connectivity index is 1.84. The zero-order valence-electron chi connectivity index (χ0n) is 12.4. The van der Waals surface area contributed by atoms with E-state index in [1.54, 1.807) is 6.08 Å². The Labute approximate surface area is 120 Å². The molecule has 0 radical (unpaired) electrons. The van der Waals surface area contributed by atoms with Crippen LogP contribution >= 0.6 is 0 Å². The van der Waals surface area contributed by atoms with Crippen molar-refractivity contribution in [1.29, 1.82) is 0 Å². The summed E-state index contributed by atoms with van der Waals surface area (Å²) >= 11 is 0. The van der Waals surface area contributed by atoms with Gasteiger partial charge in [-0.05, 0) is 23.6 Å². The molecule has 3 rings (SSSR count). The maximum Gasteiger partial charge on any atom is 0.122 e. The summed E-state index contributed by atoms with van der Waals surface area (Å²) in [5, 5.41) is 0. The molecule has 1 aliphatic heterocycles. The smallest absolute Gasteiger partial charge is 0.122 e. The van der Waals surface area contributed by atoms with Crippen LogP contribution in [0.3, 0.4) is 0 Å². The van der Waals surface area contributed by atoms with E-state index in [4.69, 9.17) is 0 Å². The zero-order chi connectivity index (χ0) is 14.3. The molecule has 1 unspecified atom stereocenters. The van der Waals surface area contributed by atoms with Crippen molar-refractivity contribution in [2.75, 3.05) is 18.5 Å². The standard InChI is InChI=1S/C17H21FN2/c1-17(2)11-20(3)15-9-13(10-19-16(15)17)8-12-4-6-14(18)7-5-12/h4-6,9-10,14H,7-8,11H2,1-3H3. The van der Waals surface area contributed by atoms with Gasteiger partial charge in [-0.25, -0.2) is 4.39 Å². The van der Waals surface area contributed by atoms with Crippen molar-refractivity contribution in [3.8, 4) is 0 Å². The Morgan fingerprint density at radius 3 is 2.95 bits per heavy atom. The molecule has 0 saturated carbocycles. The molecule has 3 heteroatoms. The van der Waals surface area contributed by atoms with Gasteiger partial charge in [-0.2, -0.15) is 0 Å². The van der Waals surface area contributed by atoms with Crippen LogP contribution in [0.2, 0.25) is 0 Å². The van der Waals surface area contributed by atoms with Crippen molar-refractivity contribution >= 4 is 5.69 Å². The lowest BCUT2D eigenvalue weighted by Crippen LogP contribution is -2.25. The predicted octanol–water partition coefficient (Wildman–Crippen LogP) is 3.58. The number of likely N-dealkylation sites (N-methyl/N-ethyl adjacent to an activating group) is 1. The molecule has 1 aromatic heterocycles. The summed E-state index contributed by atoms with van der Waals surface area (Å²) in [6, 6.07) is 2.23. The molecule has 0 spiro atoms. The van der Waals surface area contributed by atoms with Gasteiger partial charge in [-0.1, -0.05) is 32.1 Å². The first-order valence-corrected chi connectivity index (χ1v) is 7.17. The highest BCUT2D eigenvalue weighted by Crippen LogP contribution is 2.38. The highest BCUT2D eigenvalue weighted by atomic mass is 19.1. The molecule has 20 heavy (non-hydrogen) atoms. The Hall–Kier alpha value is -1.64. The van der Waals surface area contributed by atoms with Crippen molar-refractivity contribution < 1.29 is 4.39 Å². The lowest BCUT2D eigenvalue weighted by atomic mass is 9.91. The Kier molecular flexibility index (Phi) is 3.15. The van der Waals surface area contributed by atoms with Crippen LogP contribution in [0, 0.1) is 0 Å². The molecule has 2 heterocycles. The minimum atomic E-state index is -0.816. The van der Waals surface area contributed by atoms with Gasteiger partial charge >= 0.3 is 0 Å². The fraction of sp³-hybridized carbons (Fsp3) is 0.471. The van der Waals surface area contributed by atoms with Crippen LogP contribution in [0.25, 0.3) is 0 Å². The average Bonchev–Trinajstić information content (AvgIpc) is 2.62. The summed E-state index contributed by atoms with van der Waals surface area (Å²) in [5.41, 5.74) is 4.91. The Bertz CT molecular complexity index is 587. The van der Waals surface area contributed by atoms with Gasteiger partial charge in [0, 0.05) is 31.6 Å². The first-order valence-electron chi connectivity index (χ1n) is 7.17. The molecule has 0 N–H and O–H groups in total. The molecule has 0 amide bonds. The summed E-state index contributed by atoms with van der Waals surface area (Å²) in [4.78, 5) is 6.95. The molecular formula is C17H21FN2. The second-order valence-electron chi connectivity index (χ2n) is 6.52. The molecular weight excluding hydrogens is 251 g/mol. The first kappa shape index (κ1) is 13.3. The number of hydrogen-bond donors (Lipinski definition) is 0. The van der Waals surface area contributed by atoms with Gasteiger partial charge in [-0.15, -0.1) is 0 Å². The van der Waals surface area contributed by atoms with Crippen molar-refractivity contribution in [1.82, 2.24) is 4.98 Å². The predicted molar refractivity (Wildman–Crippen MR) is 81.0 cm³/mol. The summed E-state index contributed by atoms with van der Waals surface area (Å²) in [5.74, 6) is 0. The fourth-order valence-electron chi connectivity index (χ4n) is 3.16. The number of halogens is 1. The van der Waals surface area contributed by atoms with Gasteiger partial charge < -0.3 is 4.90 Å². The SMILES string of the molecule is CN1CC(C)(C)c2ncc(CC3=CCC(F)C=C3)cc21. The Morgan fingerprint density at radius 2 is 2.25 bits per heavy atom. The number of pyridine rings is 1. The monoisotopic (exact) mass is 272 g/mol. The van der Waals surface area contributed by atoms with Gasteiger partial charge in [0.25, 0.3) is 0 Å². The second-order valence-corrected chi connectivity index (χ2v) is 6.52. The average molecular weight is 272 g/mol. The van der Waals surface area contributed by atoms with E-state index in [2.05, 4.69) is 36.8 Å². The third-order valence-corrected chi connectivity index (χ3v) is 4.14. The van der Waals surface area contributed by atoms with Crippen LogP contribution < -0.4 is 4.90 Å². The molecule has 106 valence electrons. The highest BCUT2D eigenvalue weighted by Gasteiger charge is 2.34. The van der Waals surface area contributed by atoms with E-state index in [-0.39, 0.29) is 5.41 Å². The van der Waals surface area contributed by atoms with Crippen molar-refractivity contribution in [3.63, 3.8) is 0 Å². The minimum Gasteiger partial charge on any atom is -0.372 e. The number of hydrogen-bond acceptors (Lipinski definition) is 2. The van der Waals surface area contributed by atoms with E-state index >= 15 is 0 Å². The minimum absolute atomic E-state index is 0.119. The van der Waals surface area contributed by atoms with E-state index in [9.17, 15) is 4.39 Å². The number of anilines is 1. The molecule has 0 aromatic carbocycles. The quantitative estimate of drug-likeness (QED) is 0.818.